The van der Waals surface area contributed by atoms with E-state index in [1.807, 2.05) is 12.1 Å². The van der Waals surface area contributed by atoms with Crippen LogP contribution >= 0.6 is 0 Å². The second-order valence-electron chi connectivity index (χ2n) is 6.64. The Bertz CT molecular complexity index is 693. The van der Waals surface area contributed by atoms with Gasteiger partial charge in [0.05, 0.1) is 0 Å². The molecule has 25 heavy (non-hydrogen) atoms. The van der Waals surface area contributed by atoms with Crippen molar-refractivity contribution in [3.05, 3.63) is 53.3 Å². The molecule has 2 N–H and O–H groups in total. The number of nitrogen functional groups attached to an aromatic ring is 1. The predicted octanol–water partition coefficient (Wildman–Crippen LogP) is 2.32. The Labute approximate surface area is 148 Å². The standard InChI is InChI=1S/C19H25N5O/c1-23(13-16-11-21-19(20)22-12-16)18(25)17-7-5-15(6-8-17)14-24-9-3-2-4-10-24/h5-8,11-12H,2-4,9-10,13-14H2,1H3,(H2,20,21,22). The number of likely N-dealkylation sites (tertiary alicyclic amines) is 1. The maximum atomic E-state index is 12.6. The van der Waals surface area contributed by atoms with Crippen LogP contribution in [0.1, 0.15) is 40.7 Å². The van der Waals surface area contributed by atoms with Crippen molar-refractivity contribution in [1.29, 1.82) is 0 Å². The Hall–Kier alpha value is -2.47. The van der Waals surface area contributed by atoms with Crippen LogP contribution in [0.3, 0.4) is 0 Å². The van der Waals surface area contributed by atoms with Crippen LogP contribution in [0.2, 0.25) is 0 Å². The van der Waals surface area contributed by atoms with Gasteiger partial charge in [-0.15, -0.1) is 0 Å². The van der Waals surface area contributed by atoms with Crippen LogP contribution in [0.4, 0.5) is 5.95 Å². The van der Waals surface area contributed by atoms with Crippen molar-refractivity contribution in [2.24, 2.45) is 0 Å². The lowest BCUT2D eigenvalue weighted by molar-refractivity contribution is 0.0785. The second-order valence-corrected chi connectivity index (χ2v) is 6.64. The summed E-state index contributed by atoms with van der Waals surface area (Å²) in [5.74, 6) is 0.225. The fourth-order valence-electron chi connectivity index (χ4n) is 3.14. The highest BCUT2D eigenvalue weighted by molar-refractivity contribution is 5.94. The molecule has 0 unspecified atom stereocenters. The molecule has 3 rings (SSSR count). The van der Waals surface area contributed by atoms with Gasteiger partial charge in [-0.3, -0.25) is 9.69 Å². The van der Waals surface area contributed by atoms with Gasteiger partial charge in [-0.05, 0) is 43.6 Å². The van der Waals surface area contributed by atoms with E-state index in [-0.39, 0.29) is 11.9 Å². The average molecular weight is 339 g/mol. The summed E-state index contributed by atoms with van der Waals surface area (Å²) in [5.41, 5.74) is 8.29. The summed E-state index contributed by atoms with van der Waals surface area (Å²) in [7, 11) is 1.78. The lowest BCUT2D eigenvalue weighted by Crippen LogP contribution is -2.29. The molecule has 2 heterocycles. The minimum absolute atomic E-state index is 0.0126. The number of nitrogens with zero attached hydrogens (tertiary/aromatic N) is 4. The van der Waals surface area contributed by atoms with Crippen molar-refractivity contribution in [2.75, 3.05) is 25.9 Å². The maximum Gasteiger partial charge on any atom is 0.253 e. The van der Waals surface area contributed by atoms with Crippen LogP contribution in [0, 0.1) is 0 Å². The van der Waals surface area contributed by atoms with Crippen LogP contribution in [0.25, 0.3) is 0 Å². The molecule has 1 amide bonds. The van der Waals surface area contributed by atoms with Gasteiger partial charge in [-0.1, -0.05) is 18.6 Å². The van der Waals surface area contributed by atoms with Crippen LogP contribution in [0.5, 0.6) is 0 Å². The van der Waals surface area contributed by atoms with E-state index in [0.29, 0.717) is 12.1 Å². The van der Waals surface area contributed by atoms with E-state index in [9.17, 15) is 4.79 Å². The highest BCUT2D eigenvalue weighted by atomic mass is 16.2. The van der Waals surface area contributed by atoms with E-state index in [1.165, 1.54) is 37.9 Å². The molecule has 2 aromatic rings. The van der Waals surface area contributed by atoms with Crippen molar-refractivity contribution in [2.45, 2.75) is 32.4 Å². The van der Waals surface area contributed by atoms with Gasteiger partial charge in [0.2, 0.25) is 5.95 Å². The number of carbonyl (C=O) groups excluding carboxylic acids is 1. The fraction of sp³-hybridized carbons (Fsp3) is 0.421. The lowest BCUT2D eigenvalue weighted by Gasteiger charge is -2.26. The topological polar surface area (TPSA) is 75.4 Å². The number of anilines is 1. The van der Waals surface area contributed by atoms with E-state index >= 15 is 0 Å². The third-order valence-electron chi connectivity index (χ3n) is 4.55. The number of nitrogens with two attached hydrogens (primary N) is 1. The molecule has 0 atom stereocenters. The van der Waals surface area contributed by atoms with Crippen LogP contribution < -0.4 is 5.73 Å². The molecule has 1 aromatic carbocycles. The van der Waals surface area contributed by atoms with Crippen molar-refractivity contribution < 1.29 is 4.79 Å². The van der Waals surface area contributed by atoms with Gasteiger partial charge >= 0.3 is 0 Å². The van der Waals surface area contributed by atoms with Gasteiger partial charge in [0.15, 0.2) is 0 Å². The number of benzene rings is 1. The van der Waals surface area contributed by atoms with Crippen molar-refractivity contribution in [3.8, 4) is 0 Å². The van der Waals surface area contributed by atoms with E-state index < -0.39 is 0 Å². The molecule has 0 saturated carbocycles. The predicted molar refractivity (Wildman–Crippen MR) is 97.8 cm³/mol. The van der Waals surface area contributed by atoms with E-state index in [1.54, 1.807) is 24.3 Å². The third-order valence-corrected chi connectivity index (χ3v) is 4.55. The first-order valence-electron chi connectivity index (χ1n) is 8.75. The van der Waals surface area contributed by atoms with Crippen molar-refractivity contribution in [3.63, 3.8) is 0 Å². The molecule has 1 aromatic heterocycles. The first-order valence-corrected chi connectivity index (χ1v) is 8.75. The first kappa shape index (κ1) is 17.4. The molecule has 132 valence electrons. The minimum atomic E-state index is -0.0126. The third kappa shape index (κ3) is 4.76. The first-order chi connectivity index (χ1) is 12.1. The summed E-state index contributed by atoms with van der Waals surface area (Å²) in [6.45, 7) is 3.77. The summed E-state index contributed by atoms with van der Waals surface area (Å²) in [6, 6.07) is 7.94. The smallest absolute Gasteiger partial charge is 0.253 e. The number of piperidine rings is 1. The minimum Gasteiger partial charge on any atom is -0.368 e. The number of hydrogen-bond donors (Lipinski definition) is 1. The molecule has 6 nitrogen and oxygen atoms in total. The van der Waals surface area contributed by atoms with Crippen LogP contribution in [-0.4, -0.2) is 45.8 Å². The van der Waals surface area contributed by atoms with Crippen molar-refractivity contribution >= 4 is 11.9 Å². The Morgan fingerprint density at radius 3 is 2.36 bits per heavy atom. The zero-order chi connectivity index (χ0) is 17.6. The number of amides is 1. The quantitative estimate of drug-likeness (QED) is 0.905. The van der Waals surface area contributed by atoms with E-state index in [2.05, 4.69) is 27.0 Å². The van der Waals surface area contributed by atoms with Crippen molar-refractivity contribution in [1.82, 2.24) is 19.8 Å². The van der Waals surface area contributed by atoms with Gasteiger partial charge in [-0.2, -0.15) is 0 Å². The monoisotopic (exact) mass is 339 g/mol. The Balaban J connectivity index is 1.58. The molecular formula is C19H25N5O. The number of rotatable bonds is 5. The number of hydrogen-bond acceptors (Lipinski definition) is 5. The Kier molecular flexibility index (Phi) is 5.60. The van der Waals surface area contributed by atoms with Gasteiger partial charge in [-0.25, -0.2) is 9.97 Å². The highest BCUT2D eigenvalue weighted by Crippen LogP contribution is 2.14. The molecule has 0 aliphatic carbocycles. The zero-order valence-electron chi connectivity index (χ0n) is 14.7. The fourth-order valence-corrected chi connectivity index (χ4v) is 3.14. The van der Waals surface area contributed by atoms with Gasteiger partial charge in [0.1, 0.15) is 0 Å². The summed E-state index contributed by atoms with van der Waals surface area (Å²) >= 11 is 0. The Morgan fingerprint density at radius 2 is 1.72 bits per heavy atom. The molecular weight excluding hydrogens is 314 g/mol. The molecule has 0 radical (unpaired) electrons. The number of carbonyl (C=O) groups is 1. The summed E-state index contributed by atoms with van der Waals surface area (Å²) in [6.07, 6.45) is 7.21. The normalized spacial score (nSPS) is 15.1. The number of aromatic nitrogens is 2. The summed E-state index contributed by atoms with van der Waals surface area (Å²) < 4.78 is 0. The summed E-state index contributed by atoms with van der Waals surface area (Å²) in [4.78, 5) is 24.6. The largest absolute Gasteiger partial charge is 0.368 e. The average Bonchev–Trinajstić information content (AvgIpc) is 2.64. The zero-order valence-corrected chi connectivity index (χ0v) is 14.7. The van der Waals surface area contributed by atoms with E-state index in [0.717, 1.165) is 12.1 Å². The molecule has 0 spiro atoms. The second kappa shape index (κ2) is 8.07. The molecule has 1 aliphatic rings. The molecule has 1 fully saturated rings. The maximum absolute atomic E-state index is 12.6. The molecule has 1 aliphatic heterocycles. The van der Waals surface area contributed by atoms with Crippen LogP contribution in [0.15, 0.2) is 36.7 Å². The highest BCUT2D eigenvalue weighted by Gasteiger charge is 2.14. The van der Waals surface area contributed by atoms with Crippen LogP contribution in [-0.2, 0) is 13.1 Å². The molecule has 1 saturated heterocycles. The lowest BCUT2D eigenvalue weighted by atomic mass is 10.1. The van der Waals surface area contributed by atoms with Gasteiger partial charge < -0.3 is 10.6 Å². The van der Waals surface area contributed by atoms with E-state index in [4.69, 9.17) is 5.73 Å². The van der Waals surface area contributed by atoms with Gasteiger partial charge in [0, 0.05) is 43.7 Å². The molecule has 6 heteroatoms. The SMILES string of the molecule is CN(Cc1cnc(N)nc1)C(=O)c1ccc(CN2CCCCC2)cc1. The Morgan fingerprint density at radius 1 is 1.08 bits per heavy atom. The molecule has 0 bridgehead atoms. The van der Waals surface area contributed by atoms with Gasteiger partial charge in [0.25, 0.3) is 5.91 Å². The summed E-state index contributed by atoms with van der Waals surface area (Å²) in [5, 5.41) is 0.